The van der Waals surface area contributed by atoms with Crippen molar-refractivity contribution in [2.24, 2.45) is 0 Å². The predicted molar refractivity (Wildman–Crippen MR) is 77.5 cm³/mol. The van der Waals surface area contributed by atoms with Crippen molar-refractivity contribution in [2.45, 2.75) is 16.9 Å². The Bertz CT molecular complexity index is 771. The number of pyridine rings is 1. The van der Waals surface area contributed by atoms with Gasteiger partial charge >= 0.3 is 5.51 Å². The Morgan fingerprint density at radius 3 is 2.64 bits per heavy atom. The molecule has 8 heteroatoms. The van der Waals surface area contributed by atoms with Gasteiger partial charge in [-0.1, -0.05) is 17.3 Å². The van der Waals surface area contributed by atoms with Crippen LogP contribution >= 0.6 is 11.8 Å². The molecule has 1 N–H and O–H groups in total. The van der Waals surface area contributed by atoms with E-state index in [4.69, 9.17) is 4.52 Å². The molecular formula is C14H10F3N3OS. The average Bonchev–Trinajstić information content (AvgIpc) is 2.88. The lowest BCUT2D eigenvalue weighted by Gasteiger charge is -2.07. The summed E-state index contributed by atoms with van der Waals surface area (Å²) >= 11 is -0.128. The second kappa shape index (κ2) is 5.88. The van der Waals surface area contributed by atoms with Crippen molar-refractivity contribution in [3.05, 3.63) is 48.3 Å². The fourth-order valence-electron chi connectivity index (χ4n) is 1.91. The first-order chi connectivity index (χ1) is 10.5. The monoisotopic (exact) mass is 325 g/mol. The fraction of sp³-hybridized carbons (Fsp3) is 0.143. The first-order valence-corrected chi connectivity index (χ1v) is 7.11. The van der Waals surface area contributed by atoms with E-state index in [-0.39, 0.29) is 16.7 Å². The van der Waals surface area contributed by atoms with Crippen molar-refractivity contribution in [1.82, 2.24) is 10.1 Å². The number of nitrogens with zero attached hydrogens (tertiary/aromatic N) is 2. The second-order valence-corrected chi connectivity index (χ2v) is 5.59. The first kappa shape index (κ1) is 14.7. The van der Waals surface area contributed by atoms with Crippen molar-refractivity contribution in [3.8, 4) is 0 Å². The summed E-state index contributed by atoms with van der Waals surface area (Å²) in [6.07, 6.45) is 3.20. The quantitative estimate of drug-likeness (QED) is 0.718. The summed E-state index contributed by atoms with van der Waals surface area (Å²) in [7, 11) is 0. The number of halogens is 3. The van der Waals surface area contributed by atoms with E-state index in [0.717, 1.165) is 10.9 Å². The second-order valence-electron chi connectivity index (χ2n) is 4.45. The standard InChI is InChI=1S/C14H10F3N3OS/c15-14(16,17)22-10-3-1-9(2-4-10)7-19-13-11-5-6-18-8-12(11)21-20-13/h1-6,8H,7H2,(H,19,20). The molecule has 0 aliphatic carbocycles. The maximum Gasteiger partial charge on any atom is 0.446 e. The lowest BCUT2D eigenvalue weighted by molar-refractivity contribution is -0.0328. The van der Waals surface area contributed by atoms with E-state index in [2.05, 4.69) is 15.5 Å². The highest BCUT2D eigenvalue weighted by Crippen LogP contribution is 2.36. The highest BCUT2D eigenvalue weighted by atomic mass is 32.2. The molecule has 2 heterocycles. The van der Waals surface area contributed by atoms with E-state index in [1.165, 1.54) is 12.1 Å². The van der Waals surface area contributed by atoms with Crippen LogP contribution in [0.15, 0.2) is 52.1 Å². The van der Waals surface area contributed by atoms with Gasteiger partial charge in [0.1, 0.15) is 0 Å². The van der Waals surface area contributed by atoms with E-state index >= 15 is 0 Å². The third-order valence-electron chi connectivity index (χ3n) is 2.89. The van der Waals surface area contributed by atoms with Crippen LogP contribution < -0.4 is 5.32 Å². The van der Waals surface area contributed by atoms with Gasteiger partial charge in [-0.25, -0.2) is 0 Å². The first-order valence-electron chi connectivity index (χ1n) is 6.29. The Morgan fingerprint density at radius 2 is 1.91 bits per heavy atom. The number of alkyl halides is 3. The van der Waals surface area contributed by atoms with Crippen molar-refractivity contribution in [1.29, 1.82) is 0 Å². The van der Waals surface area contributed by atoms with Crippen LogP contribution in [0.3, 0.4) is 0 Å². The Morgan fingerprint density at radius 1 is 1.14 bits per heavy atom. The van der Waals surface area contributed by atoms with Crippen LogP contribution in [0.5, 0.6) is 0 Å². The lowest BCUT2D eigenvalue weighted by atomic mass is 10.2. The minimum Gasteiger partial charge on any atom is -0.363 e. The van der Waals surface area contributed by atoms with Gasteiger partial charge in [-0.2, -0.15) is 13.2 Å². The van der Waals surface area contributed by atoms with Gasteiger partial charge in [0.15, 0.2) is 11.4 Å². The Balaban J connectivity index is 1.66. The lowest BCUT2D eigenvalue weighted by Crippen LogP contribution is -2.01. The van der Waals surface area contributed by atoms with Crippen LogP contribution in [0.4, 0.5) is 19.0 Å². The van der Waals surface area contributed by atoms with Gasteiger partial charge in [0.05, 0.1) is 11.6 Å². The van der Waals surface area contributed by atoms with Gasteiger partial charge in [-0.15, -0.1) is 0 Å². The van der Waals surface area contributed by atoms with E-state index in [1.54, 1.807) is 30.6 Å². The molecule has 3 rings (SSSR count). The fourth-order valence-corrected chi connectivity index (χ4v) is 2.45. The van der Waals surface area contributed by atoms with Gasteiger partial charge in [0.2, 0.25) is 0 Å². The zero-order valence-electron chi connectivity index (χ0n) is 11.1. The molecule has 0 bridgehead atoms. The summed E-state index contributed by atoms with van der Waals surface area (Å²) in [6, 6.07) is 7.95. The van der Waals surface area contributed by atoms with Gasteiger partial charge in [-0.3, -0.25) is 4.98 Å². The third-order valence-corrected chi connectivity index (χ3v) is 3.63. The van der Waals surface area contributed by atoms with E-state index < -0.39 is 5.51 Å². The summed E-state index contributed by atoms with van der Waals surface area (Å²) in [5.74, 6) is 0.575. The number of fused-ring (bicyclic) bond motifs is 1. The van der Waals surface area contributed by atoms with E-state index in [0.29, 0.717) is 17.9 Å². The molecule has 114 valence electrons. The highest BCUT2D eigenvalue weighted by Gasteiger charge is 2.28. The van der Waals surface area contributed by atoms with Gasteiger partial charge < -0.3 is 9.84 Å². The molecule has 0 fully saturated rings. The summed E-state index contributed by atoms with van der Waals surface area (Å²) in [4.78, 5) is 4.09. The van der Waals surface area contributed by atoms with Crippen LogP contribution in [-0.4, -0.2) is 15.6 Å². The minimum absolute atomic E-state index is 0.128. The van der Waals surface area contributed by atoms with Crippen molar-refractivity contribution < 1.29 is 17.7 Å². The molecule has 3 aromatic rings. The minimum atomic E-state index is -4.27. The molecule has 0 spiro atoms. The van der Waals surface area contributed by atoms with Crippen molar-refractivity contribution >= 4 is 28.5 Å². The molecule has 0 saturated carbocycles. The number of benzene rings is 1. The zero-order chi connectivity index (χ0) is 15.6. The summed E-state index contributed by atoms with van der Waals surface area (Å²) in [6.45, 7) is 0.431. The molecular weight excluding hydrogens is 315 g/mol. The topological polar surface area (TPSA) is 51.0 Å². The van der Waals surface area contributed by atoms with Crippen molar-refractivity contribution in [3.63, 3.8) is 0 Å². The molecule has 2 aromatic heterocycles. The molecule has 4 nitrogen and oxygen atoms in total. The smallest absolute Gasteiger partial charge is 0.363 e. The Hall–Kier alpha value is -2.22. The van der Waals surface area contributed by atoms with Gasteiger partial charge in [0.25, 0.3) is 0 Å². The van der Waals surface area contributed by atoms with Crippen LogP contribution in [0, 0.1) is 0 Å². The number of hydrogen-bond acceptors (Lipinski definition) is 5. The maximum absolute atomic E-state index is 12.3. The Labute approximate surface area is 127 Å². The van der Waals surface area contributed by atoms with Crippen molar-refractivity contribution in [2.75, 3.05) is 5.32 Å². The number of anilines is 1. The largest absolute Gasteiger partial charge is 0.446 e. The van der Waals surface area contributed by atoms with E-state index in [1.807, 2.05) is 0 Å². The molecule has 0 unspecified atom stereocenters. The number of rotatable bonds is 4. The number of nitrogens with one attached hydrogen (secondary N) is 1. The molecule has 22 heavy (non-hydrogen) atoms. The third kappa shape index (κ3) is 3.51. The van der Waals surface area contributed by atoms with Crippen LogP contribution in [-0.2, 0) is 6.54 Å². The number of aromatic nitrogens is 2. The molecule has 0 radical (unpaired) electrons. The summed E-state index contributed by atoms with van der Waals surface area (Å²) < 4.78 is 41.9. The molecule has 0 saturated heterocycles. The zero-order valence-corrected chi connectivity index (χ0v) is 11.9. The average molecular weight is 325 g/mol. The predicted octanol–water partition coefficient (Wildman–Crippen LogP) is 4.45. The van der Waals surface area contributed by atoms with Crippen LogP contribution in [0.1, 0.15) is 5.56 Å². The molecule has 0 aliphatic rings. The molecule has 0 atom stereocenters. The highest BCUT2D eigenvalue weighted by molar-refractivity contribution is 8.00. The van der Waals surface area contributed by atoms with Crippen LogP contribution in [0.25, 0.3) is 11.0 Å². The number of hydrogen-bond donors (Lipinski definition) is 1. The van der Waals surface area contributed by atoms with Gasteiger partial charge in [-0.05, 0) is 35.5 Å². The number of thioether (sulfide) groups is 1. The normalized spacial score (nSPS) is 11.8. The Kier molecular flexibility index (Phi) is 3.93. The van der Waals surface area contributed by atoms with Crippen LogP contribution in [0.2, 0.25) is 0 Å². The summed E-state index contributed by atoms with van der Waals surface area (Å²) in [5, 5.41) is 7.79. The molecule has 0 amide bonds. The van der Waals surface area contributed by atoms with Gasteiger partial charge in [0, 0.05) is 17.6 Å². The molecule has 0 aliphatic heterocycles. The SMILES string of the molecule is FC(F)(F)Sc1ccc(CNc2noc3cnccc23)cc1. The van der Waals surface area contributed by atoms with E-state index in [9.17, 15) is 13.2 Å². The molecule has 1 aromatic carbocycles. The summed E-state index contributed by atoms with van der Waals surface area (Å²) in [5.41, 5.74) is -2.85. The maximum atomic E-state index is 12.3.